The molecule has 0 atom stereocenters. The van der Waals surface area contributed by atoms with Crippen LogP contribution in [0.3, 0.4) is 0 Å². The molecule has 0 radical (unpaired) electrons. The van der Waals surface area contributed by atoms with Crippen LogP contribution in [0.1, 0.15) is 11.1 Å². The molecule has 0 saturated carbocycles. The summed E-state index contributed by atoms with van der Waals surface area (Å²) in [4.78, 5) is 0. The van der Waals surface area contributed by atoms with Gasteiger partial charge >= 0.3 is 6.18 Å². The Morgan fingerprint density at radius 2 is 1.68 bits per heavy atom. The van der Waals surface area contributed by atoms with Crippen LogP contribution in [0.2, 0.25) is 0 Å². The lowest BCUT2D eigenvalue weighted by Gasteiger charge is -2.10. The topological polar surface area (TPSA) is 45.4 Å². The van der Waals surface area contributed by atoms with E-state index in [1.54, 1.807) is 0 Å². The van der Waals surface area contributed by atoms with Crippen LogP contribution in [0.15, 0.2) is 30.3 Å². The molecule has 0 spiro atoms. The molecule has 2 rings (SSSR count). The van der Waals surface area contributed by atoms with Gasteiger partial charge in [-0.25, -0.2) is 0 Å². The Balaban J connectivity index is 2.46. The second-order valence-electron chi connectivity index (χ2n) is 3.87. The van der Waals surface area contributed by atoms with Crippen LogP contribution >= 0.6 is 22.6 Å². The normalized spacial score (nSPS) is 11.8. The van der Waals surface area contributed by atoms with Crippen molar-refractivity contribution in [3.8, 4) is 17.4 Å². The van der Waals surface area contributed by atoms with E-state index in [2.05, 4.69) is 0 Å². The summed E-state index contributed by atoms with van der Waals surface area (Å²) in [6.45, 7) is 0. The summed E-state index contributed by atoms with van der Waals surface area (Å²) in [6.07, 6.45) is -4.41. The van der Waals surface area contributed by atoms with Crippen molar-refractivity contribution in [3.63, 3.8) is 0 Å². The molecule has 102 valence electrons. The third-order valence-electron chi connectivity index (χ3n) is 2.63. The fraction of sp³-hybridized carbons (Fsp3) is 0.167. The van der Waals surface area contributed by atoms with Crippen LogP contribution in [0.5, 0.6) is 11.8 Å². The minimum atomic E-state index is -4.41. The van der Waals surface area contributed by atoms with Crippen molar-refractivity contribution in [1.82, 2.24) is 4.57 Å². The van der Waals surface area contributed by atoms with Gasteiger partial charge in [-0.3, -0.25) is 4.57 Å². The van der Waals surface area contributed by atoms with E-state index < -0.39 is 11.7 Å². The van der Waals surface area contributed by atoms with Crippen molar-refractivity contribution in [3.05, 3.63) is 41.5 Å². The first-order chi connectivity index (χ1) is 8.84. The molecule has 0 saturated heterocycles. The highest BCUT2D eigenvalue weighted by Gasteiger charge is 2.30. The molecule has 0 amide bonds. The summed E-state index contributed by atoms with van der Waals surface area (Å²) < 4.78 is 38.9. The molecule has 1 aromatic heterocycles. The van der Waals surface area contributed by atoms with Gasteiger partial charge in [0.05, 0.1) is 11.3 Å². The lowest BCUT2D eigenvalue weighted by Crippen LogP contribution is -2.04. The molecule has 1 aromatic carbocycles. The Hall–Kier alpha value is -1.38. The van der Waals surface area contributed by atoms with E-state index in [0.717, 1.165) is 16.7 Å². The van der Waals surface area contributed by atoms with E-state index in [1.165, 1.54) is 18.2 Å². The quantitative estimate of drug-likeness (QED) is 0.612. The van der Waals surface area contributed by atoms with Gasteiger partial charge in [0, 0.05) is 16.1 Å². The molecule has 2 aromatic rings. The van der Waals surface area contributed by atoms with Gasteiger partial charge in [-0.1, -0.05) is 22.6 Å². The van der Waals surface area contributed by atoms with Crippen molar-refractivity contribution in [2.45, 2.75) is 10.6 Å². The zero-order valence-electron chi connectivity index (χ0n) is 9.45. The number of benzene rings is 1. The van der Waals surface area contributed by atoms with Gasteiger partial charge < -0.3 is 10.2 Å². The van der Waals surface area contributed by atoms with Gasteiger partial charge in [0.15, 0.2) is 5.88 Å². The molecule has 0 aliphatic rings. The first kappa shape index (κ1) is 14.0. The number of hydrogen-bond acceptors (Lipinski definition) is 2. The summed E-state index contributed by atoms with van der Waals surface area (Å²) in [5.41, 5.74) is -0.00593. The minimum absolute atomic E-state index is 0.174. The maximum absolute atomic E-state index is 12.4. The first-order valence-corrected chi connectivity index (χ1v) is 6.73. The average Bonchev–Trinajstić information content (AvgIpc) is 2.63. The molecule has 0 bridgehead atoms. The molecular formula is C12H9F3INO2. The standard InChI is InChI=1S/C12H9F3INO2/c13-12(14,15)8-1-3-9(4-2-8)17-10(18)5-7(6-16)11(17)19/h1-5,18-19H,6H2. The molecule has 7 heteroatoms. The van der Waals surface area contributed by atoms with E-state index >= 15 is 0 Å². The summed E-state index contributed by atoms with van der Waals surface area (Å²) in [5.74, 6) is -0.393. The predicted molar refractivity (Wildman–Crippen MR) is 71.8 cm³/mol. The Morgan fingerprint density at radius 3 is 2.11 bits per heavy atom. The van der Waals surface area contributed by atoms with E-state index in [-0.39, 0.29) is 17.4 Å². The van der Waals surface area contributed by atoms with E-state index in [4.69, 9.17) is 0 Å². The lowest BCUT2D eigenvalue weighted by atomic mass is 10.2. The van der Waals surface area contributed by atoms with Crippen LogP contribution in [-0.2, 0) is 10.6 Å². The summed E-state index contributed by atoms with van der Waals surface area (Å²) in [7, 11) is 0. The van der Waals surface area contributed by atoms with Crippen LogP contribution < -0.4 is 0 Å². The van der Waals surface area contributed by atoms with Crippen molar-refractivity contribution in [2.75, 3.05) is 0 Å². The van der Waals surface area contributed by atoms with Crippen molar-refractivity contribution >= 4 is 22.6 Å². The monoisotopic (exact) mass is 383 g/mol. The molecule has 19 heavy (non-hydrogen) atoms. The highest BCUT2D eigenvalue weighted by atomic mass is 127. The van der Waals surface area contributed by atoms with Gasteiger partial charge in [-0.2, -0.15) is 13.2 Å². The lowest BCUT2D eigenvalue weighted by molar-refractivity contribution is -0.137. The Kier molecular flexibility index (Phi) is 3.66. The maximum atomic E-state index is 12.4. The average molecular weight is 383 g/mol. The maximum Gasteiger partial charge on any atom is 0.416 e. The van der Waals surface area contributed by atoms with Gasteiger partial charge in [0.25, 0.3) is 0 Å². The largest absolute Gasteiger partial charge is 0.494 e. The van der Waals surface area contributed by atoms with E-state index in [9.17, 15) is 23.4 Å². The fourth-order valence-electron chi connectivity index (χ4n) is 1.69. The smallest absolute Gasteiger partial charge is 0.416 e. The molecule has 3 nitrogen and oxygen atoms in total. The van der Waals surface area contributed by atoms with Gasteiger partial charge in [0.1, 0.15) is 0 Å². The zero-order chi connectivity index (χ0) is 14.2. The van der Waals surface area contributed by atoms with Crippen molar-refractivity contribution in [2.24, 2.45) is 0 Å². The molecule has 0 fully saturated rings. The molecular weight excluding hydrogens is 374 g/mol. The molecule has 0 aliphatic heterocycles. The predicted octanol–water partition coefficient (Wildman–Crippen LogP) is 3.84. The second-order valence-corrected chi connectivity index (χ2v) is 4.63. The number of rotatable bonds is 2. The van der Waals surface area contributed by atoms with Crippen molar-refractivity contribution in [1.29, 1.82) is 0 Å². The fourth-order valence-corrected chi connectivity index (χ4v) is 2.25. The van der Waals surface area contributed by atoms with Crippen molar-refractivity contribution < 1.29 is 23.4 Å². The van der Waals surface area contributed by atoms with Crippen LogP contribution in [-0.4, -0.2) is 14.8 Å². The highest BCUT2D eigenvalue weighted by Crippen LogP contribution is 2.34. The van der Waals surface area contributed by atoms with Crippen LogP contribution in [0, 0.1) is 0 Å². The second kappa shape index (κ2) is 4.95. The SMILES string of the molecule is Oc1cc(CI)c(O)n1-c1ccc(C(F)(F)F)cc1. The number of aromatic hydroxyl groups is 2. The Labute approximate surface area is 120 Å². The summed E-state index contributed by atoms with van der Waals surface area (Å²) in [5, 5.41) is 19.6. The third kappa shape index (κ3) is 2.65. The molecule has 2 N–H and O–H groups in total. The van der Waals surface area contributed by atoms with Crippen LogP contribution in [0.4, 0.5) is 13.2 Å². The van der Waals surface area contributed by atoms with Gasteiger partial charge in [-0.05, 0) is 24.3 Å². The highest BCUT2D eigenvalue weighted by molar-refractivity contribution is 14.1. The summed E-state index contributed by atoms with van der Waals surface area (Å²) in [6, 6.07) is 5.56. The van der Waals surface area contributed by atoms with E-state index in [1.807, 2.05) is 22.6 Å². The molecule has 1 heterocycles. The number of nitrogens with zero attached hydrogens (tertiary/aromatic N) is 1. The Morgan fingerprint density at radius 1 is 1.11 bits per heavy atom. The number of aromatic nitrogens is 1. The molecule has 0 aliphatic carbocycles. The Bertz CT molecular complexity index is 590. The van der Waals surface area contributed by atoms with Gasteiger partial charge in [0.2, 0.25) is 5.88 Å². The van der Waals surface area contributed by atoms with Crippen LogP contribution in [0.25, 0.3) is 5.69 Å². The number of alkyl halides is 4. The minimum Gasteiger partial charge on any atom is -0.494 e. The van der Waals surface area contributed by atoms with Gasteiger partial charge in [-0.15, -0.1) is 0 Å². The number of hydrogen-bond donors (Lipinski definition) is 2. The summed E-state index contributed by atoms with van der Waals surface area (Å²) >= 11 is 2.01. The zero-order valence-corrected chi connectivity index (χ0v) is 11.6. The number of halogens is 4. The van der Waals surface area contributed by atoms with E-state index in [0.29, 0.717) is 9.99 Å². The molecule has 0 unspecified atom stereocenters. The third-order valence-corrected chi connectivity index (χ3v) is 3.45. The first-order valence-electron chi connectivity index (χ1n) is 5.20.